The predicted molar refractivity (Wildman–Crippen MR) is 61.9 cm³/mol. The minimum Gasteiger partial charge on any atom is -0.496 e. The molecule has 0 saturated heterocycles. The molecular weight excluding hydrogens is 188 g/mol. The summed E-state index contributed by atoms with van der Waals surface area (Å²) in [5.74, 6) is 0.877. The Balaban J connectivity index is 1.99. The van der Waals surface area contributed by atoms with E-state index < -0.39 is 0 Å². The summed E-state index contributed by atoms with van der Waals surface area (Å²) in [6.45, 7) is 0.869. The van der Waals surface area contributed by atoms with Crippen molar-refractivity contribution in [2.24, 2.45) is 0 Å². The molecule has 82 valence electrons. The number of anilines is 1. The van der Waals surface area contributed by atoms with Gasteiger partial charge in [-0.25, -0.2) is 0 Å². The fraction of sp³-hybridized carbons (Fsp3) is 0.500. The van der Waals surface area contributed by atoms with Crippen molar-refractivity contribution >= 4 is 5.69 Å². The zero-order valence-electron chi connectivity index (χ0n) is 9.12. The van der Waals surface area contributed by atoms with Crippen molar-refractivity contribution in [2.45, 2.75) is 31.8 Å². The lowest BCUT2D eigenvalue weighted by molar-refractivity contribution is 0.334. The third-order valence-electron chi connectivity index (χ3n) is 3.00. The quantitative estimate of drug-likeness (QED) is 0.740. The van der Waals surface area contributed by atoms with E-state index in [1.54, 1.807) is 7.11 Å². The van der Waals surface area contributed by atoms with E-state index in [1.165, 1.54) is 24.8 Å². The van der Waals surface area contributed by atoms with Crippen LogP contribution in [-0.2, 0) is 6.54 Å². The van der Waals surface area contributed by atoms with Crippen molar-refractivity contribution in [2.75, 3.05) is 12.8 Å². The zero-order chi connectivity index (χ0) is 10.7. The van der Waals surface area contributed by atoms with Crippen molar-refractivity contribution < 1.29 is 4.74 Å². The summed E-state index contributed by atoms with van der Waals surface area (Å²) in [7, 11) is 1.68. The van der Waals surface area contributed by atoms with E-state index >= 15 is 0 Å². The molecule has 15 heavy (non-hydrogen) atoms. The third kappa shape index (κ3) is 2.42. The topological polar surface area (TPSA) is 47.3 Å². The lowest BCUT2D eigenvalue weighted by Crippen LogP contribution is -2.34. The molecule has 3 N–H and O–H groups in total. The molecule has 0 heterocycles. The summed E-state index contributed by atoms with van der Waals surface area (Å²) in [5.41, 5.74) is 7.62. The standard InChI is InChI=1S/C12H18N2O/c1-15-12-7-10(13)6-5-9(12)8-14-11-3-2-4-11/h5-7,11,14H,2-4,8,13H2,1H3. The largest absolute Gasteiger partial charge is 0.496 e. The van der Waals surface area contributed by atoms with Crippen molar-refractivity contribution in [3.63, 3.8) is 0 Å². The Hall–Kier alpha value is -1.22. The van der Waals surface area contributed by atoms with Crippen molar-refractivity contribution in [1.29, 1.82) is 0 Å². The van der Waals surface area contributed by atoms with Crippen LogP contribution in [-0.4, -0.2) is 13.2 Å². The van der Waals surface area contributed by atoms with Crippen LogP contribution in [0.5, 0.6) is 5.75 Å². The van der Waals surface area contributed by atoms with Crippen molar-refractivity contribution in [3.8, 4) is 5.75 Å². The minimum absolute atomic E-state index is 0.701. The van der Waals surface area contributed by atoms with Gasteiger partial charge in [-0.05, 0) is 18.9 Å². The van der Waals surface area contributed by atoms with E-state index in [0.29, 0.717) is 6.04 Å². The molecule has 1 aromatic rings. The van der Waals surface area contributed by atoms with Gasteiger partial charge in [0.1, 0.15) is 5.75 Å². The maximum Gasteiger partial charge on any atom is 0.125 e. The van der Waals surface area contributed by atoms with Gasteiger partial charge in [-0.3, -0.25) is 0 Å². The highest BCUT2D eigenvalue weighted by molar-refractivity contribution is 5.48. The summed E-state index contributed by atoms with van der Waals surface area (Å²) in [5, 5.41) is 3.51. The van der Waals surface area contributed by atoms with E-state index in [-0.39, 0.29) is 0 Å². The summed E-state index contributed by atoms with van der Waals surface area (Å²) >= 11 is 0. The first kappa shape index (κ1) is 10.3. The van der Waals surface area contributed by atoms with Gasteiger partial charge in [0.25, 0.3) is 0 Å². The summed E-state index contributed by atoms with van der Waals surface area (Å²) < 4.78 is 5.29. The maximum atomic E-state index is 5.70. The Morgan fingerprint density at radius 1 is 1.47 bits per heavy atom. The minimum atomic E-state index is 0.701. The molecule has 0 spiro atoms. The zero-order valence-corrected chi connectivity index (χ0v) is 9.12. The lowest BCUT2D eigenvalue weighted by atomic mass is 9.93. The second-order valence-corrected chi connectivity index (χ2v) is 4.08. The van der Waals surface area contributed by atoms with Crippen LogP contribution in [0.4, 0.5) is 5.69 Å². The van der Waals surface area contributed by atoms with E-state index in [1.807, 2.05) is 18.2 Å². The SMILES string of the molecule is COc1cc(N)ccc1CNC1CCC1. The number of nitrogens with one attached hydrogen (secondary N) is 1. The average Bonchev–Trinajstić information content (AvgIpc) is 2.17. The van der Waals surface area contributed by atoms with Gasteiger partial charge in [-0.15, -0.1) is 0 Å². The normalized spacial score (nSPS) is 16.1. The fourth-order valence-corrected chi connectivity index (χ4v) is 1.77. The van der Waals surface area contributed by atoms with Gasteiger partial charge in [0.15, 0.2) is 0 Å². The smallest absolute Gasteiger partial charge is 0.125 e. The highest BCUT2D eigenvalue weighted by atomic mass is 16.5. The molecule has 0 unspecified atom stereocenters. The second-order valence-electron chi connectivity index (χ2n) is 4.08. The molecule has 0 bridgehead atoms. The lowest BCUT2D eigenvalue weighted by Gasteiger charge is -2.26. The monoisotopic (exact) mass is 206 g/mol. The first-order chi connectivity index (χ1) is 7.29. The predicted octanol–water partition coefficient (Wildman–Crippen LogP) is 1.92. The van der Waals surface area contributed by atoms with Crippen molar-refractivity contribution in [1.82, 2.24) is 5.32 Å². The van der Waals surface area contributed by atoms with Crippen LogP contribution in [0.1, 0.15) is 24.8 Å². The van der Waals surface area contributed by atoms with Gasteiger partial charge in [-0.1, -0.05) is 12.5 Å². The Kier molecular flexibility index (Phi) is 3.11. The molecule has 1 aliphatic carbocycles. The molecule has 0 atom stereocenters. The highest BCUT2D eigenvalue weighted by Crippen LogP contribution is 2.23. The van der Waals surface area contributed by atoms with Gasteiger partial charge >= 0.3 is 0 Å². The van der Waals surface area contributed by atoms with Crippen LogP contribution >= 0.6 is 0 Å². The van der Waals surface area contributed by atoms with Crippen LogP contribution in [0.3, 0.4) is 0 Å². The van der Waals surface area contributed by atoms with Crippen LogP contribution in [0, 0.1) is 0 Å². The average molecular weight is 206 g/mol. The number of hydrogen-bond acceptors (Lipinski definition) is 3. The molecule has 1 saturated carbocycles. The Morgan fingerprint density at radius 3 is 2.87 bits per heavy atom. The molecule has 0 aromatic heterocycles. The van der Waals surface area contributed by atoms with Gasteiger partial charge in [0.2, 0.25) is 0 Å². The number of methoxy groups -OCH3 is 1. The van der Waals surface area contributed by atoms with E-state index in [2.05, 4.69) is 5.32 Å². The number of rotatable bonds is 4. The first-order valence-electron chi connectivity index (χ1n) is 5.45. The maximum absolute atomic E-state index is 5.70. The Labute approximate surface area is 90.6 Å². The molecule has 3 heteroatoms. The van der Waals surface area contributed by atoms with Gasteiger partial charge in [0.05, 0.1) is 7.11 Å². The van der Waals surface area contributed by atoms with Crippen LogP contribution in [0.2, 0.25) is 0 Å². The fourth-order valence-electron chi connectivity index (χ4n) is 1.77. The van der Waals surface area contributed by atoms with E-state index in [0.717, 1.165) is 18.0 Å². The highest BCUT2D eigenvalue weighted by Gasteiger charge is 2.16. The van der Waals surface area contributed by atoms with E-state index in [9.17, 15) is 0 Å². The van der Waals surface area contributed by atoms with Crippen LogP contribution in [0.15, 0.2) is 18.2 Å². The summed E-state index contributed by atoms with van der Waals surface area (Å²) in [6.07, 6.45) is 3.96. The summed E-state index contributed by atoms with van der Waals surface area (Å²) in [6, 6.07) is 6.52. The molecular formula is C12H18N2O. The van der Waals surface area contributed by atoms with Crippen LogP contribution in [0.25, 0.3) is 0 Å². The van der Waals surface area contributed by atoms with Gasteiger partial charge in [-0.2, -0.15) is 0 Å². The number of nitrogen functional groups attached to an aromatic ring is 1. The first-order valence-corrected chi connectivity index (χ1v) is 5.45. The molecule has 3 nitrogen and oxygen atoms in total. The summed E-state index contributed by atoms with van der Waals surface area (Å²) in [4.78, 5) is 0. The molecule has 0 radical (unpaired) electrons. The van der Waals surface area contributed by atoms with Gasteiger partial charge in [0, 0.05) is 29.9 Å². The third-order valence-corrected chi connectivity index (χ3v) is 3.00. The molecule has 2 rings (SSSR count). The Morgan fingerprint density at radius 2 is 2.27 bits per heavy atom. The number of hydrogen-bond donors (Lipinski definition) is 2. The van der Waals surface area contributed by atoms with E-state index in [4.69, 9.17) is 10.5 Å². The molecule has 1 aliphatic rings. The molecule has 0 aliphatic heterocycles. The van der Waals surface area contributed by atoms with Gasteiger partial charge < -0.3 is 15.8 Å². The molecule has 1 aromatic carbocycles. The van der Waals surface area contributed by atoms with Crippen LogP contribution < -0.4 is 15.8 Å². The van der Waals surface area contributed by atoms with Crippen molar-refractivity contribution in [3.05, 3.63) is 23.8 Å². The number of ether oxygens (including phenoxy) is 1. The second kappa shape index (κ2) is 4.53. The Bertz CT molecular complexity index is 334. The number of nitrogens with two attached hydrogens (primary N) is 1. The molecule has 1 fully saturated rings. The number of benzene rings is 1. The molecule has 0 amide bonds.